The molecule has 24 heavy (non-hydrogen) atoms. The van der Waals surface area contributed by atoms with Crippen molar-refractivity contribution in [2.24, 2.45) is 0 Å². The lowest BCUT2D eigenvalue weighted by atomic mass is 10.3. The summed E-state index contributed by atoms with van der Waals surface area (Å²) in [7, 11) is 0. The number of alkyl halides is 3. The van der Waals surface area contributed by atoms with Crippen LogP contribution in [0.5, 0.6) is 11.5 Å². The number of rotatable bonds is 3. The number of fused-ring (bicyclic) bond motifs is 1. The van der Waals surface area contributed by atoms with Crippen molar-refractivity contribution in [3.63, 3.8) is 0 Å². The largest absolute Gasteiger partial charge is 0.573 e. The molecule has 0 aliphatic carbocycles. The van der Waals surface area contributed by atoms with E-state index in [9.17, 15) is 22.8 Å². The summed E-state index contributed by atoms with van der Waals surface area (Å²) in [5.41, 5.74) is -0.0945. The lowest BCUT2D eigenvalue weighted by Crippen LogP contribution is -2.30. The Bertz CT molecular complexity index is 803. The molecular formula is C13H9F3N4O4. The molecule has 0 atom stereocenters. The first-order chi connectivity index (χ1) is 11.3. The van der Waals surface area contributed by atoms with Gasteiger partial charge in [0.1, 0.15) is 12.1 Å². The van der Waals surface area contributed by atoms with Gasteiger partial charge in [-0.25, -0.2) is 4.98 Å². The van der Waals surface area contributed by atoms with E-state index < -0.39 is 23.9 Å². The summed E-state index contributed by atoms with van der Waals surface area (Å²) in [4.78, 5) is 32.5. The molecule has 11 heteroatoms. The third-order valence-corrected chi connectivity index (χ3v) is 2.86. The monoisotopic (exact) mass is 342 g/mol. The molecule has 1 aromatic heterocycles. The van der Waals surface area contributed by atoms with Gasteiger partial charge in [-0.1, -0.05) is 6.07 Å². The topological polar surface area (TPSA) is 94.5 Å². The molecule has 1 aromatic carbocycles. The van der Waals surface area contributed by atoms with Crippen molar-refractivity contribution >= 4 is 17.6 Å². The van der Waals surface area contributed by atoms with Crippen LogP contribution in [0.15, 0.2) is 30.6 Å². The van der Waals surface area contributed by atoms with Gasteiger partial charge in [0.05, 0.1) is 6.54 Å². The van der Waals surface area contributed by atoms with Crippen LogP contribution in [0.25, 0.3) is 0 Å². The highest BCUT2D eigenvalue weighted by Crippen LogP contribution is 2.27. The van der Waals surface area contributed by atoms with Crippen molar-refractivity contribution in [1.82, 2.24) is 15.0 Å². The number of ether oxygens (including phenoxy) is 1. The molecule has 0 bridgehead atoms. The van der Waals surface area contributed by atoms with E-state index in [2.05, 4.69) is 20.4 Å². The number of anilines is 1. The summed E-state index contributed by atoms with van der Waals surface area (Å²) < 4.78 is 41.4. The maximum Gasteiger partial charge on any atom is 0.573 e. The van der Waals surface area contributed by atoms with Crippen molar-refractivity contribution in [3.8, 4) is 11.5 Å². The molecule has 2 N–H and O–H groups in total. The predicted octanol–water partition coefficient (Wildman–Crippen LogP) is 1.31. The Kier molecular flexibility index (Phi) is 3.75. The van der Waals surface area contributed by atoms with Crippen LogP contribution in [0.2, 0.25) is 0 Å². The van der Waals surface area contributed by atoms with Crippen LogP contribution in [0, 0.1) is 0 Å². The van der Waals surface area contributed by atoms with Gasteiger partial charge in [-0.15, -0.1) is 13.2 Å². The molecule has 0 fully saturated rings. The molecule has 3 rings (SSSR count). The van der Waals surface area contributed by atoms with Gasteiger partial charge in [-0.3, -0.25) is 9.59 Å². The van der Waals surface area contributed by atoms with E-state index in [1.807, 2.05) is 0 Å². The van der Waals surface area contributed by atoms with Gasteiger partial charge in [-0.2, -0.15) is 4.73 Å². The van der Waals surface area contributed by atoms with Crippen molar-refractivity contribution in [2.75, 3.05) is 11.9 Å². The van der Waals surface area contributed by atoms with Gasteiger partial charge in [0.15, 0.2) is 17.3 Å². The minimum Gasteiger partial charge on any atom is -0.406 e. The maximum atomic E-state index is 12.2. The summed E-state index contributed by atoms with van der Waals surface area (Å²) in [5.74, 6) is -1.61. The molecule has 0 saturated heterocycles. The van der Waals surface area contributed by atoms with Crippen LogP contribution >= 0.6 is 0 Å². The van der Waals surface area contributed by atoms with Crippen molar-refractivity contribution in [2.45, 2.75) is 6.36 Å². The number of hydrogen-bond acceptors (Lipinski definition) is 5. The molecule has 0 spiro atoms. The summed E-state index contributed by atoms with van der Waals surface area (Å²) >= 11 is 0. The molecule has 1 aliphatic heterocycles. The second-order valence-electron chi connectivity index (χ2n) is 4.61. The Hall–Kier alpha value is -3.24. The molecule has 0 radical (unpaired) electrons. The zero-order valence-corrected chi connectivity index (χ0v) is 11.8. The van der Waals surface area contributed by atoms with Crippen LogP contribution in [0.1, 0.15) is 10.5 Å². The van der Waals surface area contributed by atoms with Crippen LogP contribution in [0.3, 0.4) is 0 Å². The normalized spacial score (nSPS) is 14.3. The highest BCUT2D eigenvalue weighted by Gasteiger charge is 2.31. The van der Waals surface area contributed by atoms with Gasteiger partial charge in [-0.05, 0) is 12.1 Å². The fourth-order valence-electron chi connectivity index (χ4n) is 1.96. The summed E-state index contributed by atoms with van der Waals surface area (Å²) in [5, 5.41) is 4.73. The number of aromatic nitrogens is 2. The van der Waals surface area contributed by atoms with Gasteiger partial charge in [0, 0.05) is 6.07 Å². The minimum atomic E-state index is -4.84. The molecule has 2 aromatic rings. The number of hydrogen-bond donors (Lipinski definition) is 2. The molecule has 126 valence electrons. The number of halogens is 3. The number of carbonyl (C=O) groups is 2. The number of nitrogens with one attached hydrogen (secondary N) is 2. The Labute approximate surface area is 132 Å². The first kappa shape index (κ1) is 15.6. The average Bonchev–Trinajstić information content (AvgIpc) is 2.79. The number of benzene rings is 1. The standard InChI is InChI=1S/C13H9F3N4O4/c14-13(15,16)23-7-2-1-3-8(4-7)24-20-6-18-11-10(20)12(22)17-5-9(21)19-11/h1-4,6H,5H2,(H,17,22)(H,19,21). The Balaban J connectivity index is 1.86. The van der Waals surface area contributed by atoms with Gasteiger partial charge in [0.25, 0.3) is 5.91 Å². The molecule has 0 saturated carbocycles. The van der Waals surface area contributed by atoms with Crippen molar-refractivity contribution < 1.29 is 32.3 Å². The first-order valence-corrected chi connectivity index (χ1v) is 6.51. The van der Waals surface area contributed by atoms with E-state index in [-0.39, 0.29) is 23.8 Å². The molecular weight excluding hydrogens is 333 g/mol. The highest BCUT2D eigenvalue weighted by atomic mass is 19.4. The van der Waals surface area contributed by atoms with Gasteiger partial charge in [0.2, 0.25) is 5.91 Å². The second kappa shape index (κ2) is 5.76. The predicted molar refractivity (Wildman–Crippen MR) is 72.3 cm³/mol. The Morgan fingerprint density at radius 3 is 2.71 bits per heavy atom. The summed E-state index contributed by atoms with van der Waals surface area (Å²) in [6.45, 7) is -0.232. The fourth-order valence-corrected chi connectivity index (χ4v) is 1.96. The van der Waals surface area contributed by atoms with E-state index >= 15 is 0 Å². The molecule has 2 heterocycles. The lowest BCUT2D eigenvalue weighted by molar-refractivity contribution is -0.274. The molecule has 8 nitrogen and oxygen atoms in total. The van der Waals surface area contributed by atoms with Crippen LogP contribution in [0.4, 0.5) is 19.0 Å². The summed E-state index contributed by atoms with van der Waals surface area (Å²) in [6, 6.07) is 4.74. The molecule has 0 unspecified atom stereocenters. The zero-order valence-electron chi connectivity index (χ0n) is 11.8. The highest BCUT2D eigenvalue weighted by molar-refractivity contribution is 6.06. The summed E-state index contributed by atoms with van der Waals surface area (Å²) in [6.07, 6.45) is -3.73. The second-order valence-corrected chi connectivity index (χ2v) is 4.61. The number of amides is 2. The van der Waals surface area contributed by atoms with E-state index in [4.69, 9.17) is 4.84 Å². The third kappa shape index (κ3) is 3.39. The van der Waals surface area contributed by atoms with Crippen molar-refractivity contribution in [3.05, 3.63) is 36.3 Å². The first-order valence-electron chi connectivity index (χ1n) is 6.51. The van der Waals surface area contributed by atoms with Gasteiger partial charge >= 0.3 is 6.36 Å². The third-order valence-electron chi connectivity index (χ3n) is 2.86. The van der Waals surface area contributed by atoms with Crippen molar-refractivity contribution in [1.29, 1.82) is 0 Å². The number of carbonyl (C=O) groups excluding carboxylic acids is 2. The van der Waals surface area contributed by atoms with Crippen LogP contribution in [-0.4, -0.2) is 34.4 Å². The maximum absolute atomic E-state index is 12.2. The van der Waals surface area contributed by atoms with E-state index in [1.165, 1.54) is 12.1 Å². The zero-order chi connectivity index (χ0) is 17.3. The molecule has 2 amide bonds. The fraction of sp³-hybridized carbons (Fsp3) is 0.154. The van der Waals surface area contributed by atoms with Crippen LogP contribution in [-0.2, 0) is 4.79 Å². The molecule has 1 aliphatic rings. The quantitative estimate of drug-likeness (QED) is 0.877. The minimum absolute atomic E-state index is 0.0160. The van der Waals surface area contributed by atoms with Crippen LogP contribution < -0.4 is 20.2 Å². The Morgan fingerprint density at radius 2 is 1.96 bits per heavy atom. The van der Waals surface area contributed by atoms with E-state index in [1.54, 1.807) is 0 Å². The number of imidazole rings is 1. The van der Waals surface area contributed by atoms with E-state index in [0.717, 1.165) is 23.2 Å². The van der Waals surface area contributed by atoms with E-state index in [0.29, 0.717) is 0 Å². The van der Waals surface area contributed by atoms with Gasteiger partial charge < -0.3 is 20.2 Å². The lowest BCUT2D eigenvalue weighted by Gasteiger charge is -2.11. The smallest absolute Gasteiger partial charge is 0.406 e. The average molecular weight is 342 g/mol. The SMILES string of the molecule is O=C1CNC(=O)c2c(ncn2Oc2cccc(OC(F)(F)F)c2)N1. The number of nitrogens with zero attached hydrogens (tertiary/aromatic N) is 2. The Morgan fingerprint density at radius 1 is 1.21 bits per heavy atom.